The number of furan rings is 1. The second-order valence-corrected chi connectivity index (χ2v) is 7.21. The van der Waals surface area contributed by atoms with Crippen molar-refractivity contribution in [3.05, 3.63) is 46.4 Å². The number of ketones is 1. The fourth-order valence-corrected chi connectivity index (χ4v) is 3.88. The standard InChI is InChI=1S/C20H24O4/c1-6-11(2)19(22)24-18-17-12(3)10-23-16(17)9-14-8-15(21)7-13(4)20(14,18)5/h6,8,10,13,18H,7,9H2,1-5H3. The molecular formula is C20H24O4. The van der Waals surface area contributed by atoms with E-state index in [-0.39, 0.29) is 23.1 Å². The van der Waals surface area contributed by atoms with Crippen molar-refractivity contribution in [1.82, 2.24) is 0 Å². The molecule has 2 aliphatic rings. The smallest absolute Gasteiger partial charge is 0.334 e. The van der Waals surface area contributed by atoms with E-state index in [4.69, 9.17) is 9.15 Å². The lowest BCUT2D eigenvalue weighted by atomic mass is 9.58. The zero-order valence-electron chi connectivity index (χ0n) is 14.9. The SMILES string of the molecule is CC=C(C)C(=O)OC1c2c(C)coc2CC2=CC(=O)CC(C)C21C. The maximum atomic E-state index is 12.5. The predicted molar refractivity (Wildman–Crippen MR) is 90.4 cm³/mol. The van der Waals surface area contributed by atoms with Crippen LogP contribution in [-0.2, 0) is 20.7 Å². The van der Waals surface area contributed by atoms with Gasteiger partial charge in [0.2, 0.25) is 0 Å². The second-order valence-electron chi connectivity index (χ2n) is 7.21. The maximum absolute atomic E-state index is 12.5. The van der Waals surface area contributed by atoms with Crippen molar-refractivity contribution in [3.63, 3.8) is 0 Å². The molecule has 0 saturated heterocycles. The van der Waals surface area contributed by atoms with E-state index in [2.05, 4.69) is 13.8 Å². The molecule has 0 radical (unpaired) electrons. The average Bonchev–Trinajstić information content (AvgIpc) is 2.89. The Morgan fingerprint density at radius 2 is 2.17 bits per heavy atom. The van der Waals surface area contributed by atoms with Crippen LogP contribution in [-0.4, -0.2) is 11.8 Å². The van der Waals surface area contributed by atoms with Crippen LogP contribution in [0.4, 0.5) is 0 Å². The monoisotopic (exact) mass is 328 g/mol. The predicted octanol–water partition coefficient (Wildman–Crippen LogP) is 4.24. The van der Waals surface area contributed by atoms with Crippen molar-refractivity contribution in [1.29, 1.82) is 0 Å². The Bertz CT molecular complexity index is 765. The number of carbonyl (C=O) groups is 2. The van der Waals surface area contributed by atoms with Gasteiger partial charge in [0.25, 0.3) is 0 Å². The summed E-state index contributed by atoms with van der Waals surface area (Å²) in [4.78, 5) is 24.5. The Morgan fingerprint density at radius 3 is 2.83 bits per heavy atom. The number of carbonyl (C=O) groups excluding carboxylic acids is 2. The van der Waals surface area contributed by atoms with Crippen molar-refractivity contribution in [2.45, 2.75) is 53.6 Å². The third-order valence-corrected chi connectivity index (χ3v) is 5.80. The summed E-state index contributed by atoms with van der Waals surface area (Å²) >= 11 is 0. The maximum Gasteiger partial charge on any atom is 0.334 e. The van der Waals surface area contributed by atoms with Gasteiger partial charge in [0, 0.05) is 29.4 Å². The number of allylic oxidation sites excluding steroid dienone is 2. The number of hydrogen-bond acceptors (Lipinski definition) is 4. The molecule has 3 atom stereocenters. The second kappa shape index (κ2) is 5.76. The highest BCUT2D eigenvalue weighted by molar-refractivity contribution is 5.92. The normalized spacial score (nSPS) is 29.6. The van der Waals surface area contributed by atoms with Crippen molar-refractivity contribution >= 4 is 11.8 Å². The summed E-state index contributed by atoms with van der Waals surface area (Å²) < 4.78 is 11.7. The molecule has 1 aromatic rings. The van der Waals surface area contributed by atoms with Crippen LogP contribution < -0.4 is 0 Å². The number of fused-ring (bicyclic) bond motifs is 2. The molecule has 4 heteroatoms. The van der Waals surface area contributed by atoms with Gasteiger partial charge >= 0.3 is 5.97 Å². The van der Waals surface area contributed by atoms with Gasteiger partial charge in [-0.15, -0.1) is 0 Å². The zero-order valence-corrected chi connectivity index (χ0v) is 14.9. The van der Waals surface area contributed by atoms with Gasteiger partial charge in [-0.1, -0.05) is 19.9 Å². The van der Waals surface area contributed by atoms with E-state index >= 15 is 0 Å². The van der Waals surface area contributed by atoms with Gasteiger partial charge in [0.15, 0.2) is 5.78 Å². The molecule has 1 aromatic heterocycles. The molecule has 0 spiro atoms. The molecule has 1 heterocycles. The molecule has 2 aliphatic carbocycles. The summed E-state index contributed by atoms with van der Waals surface area (Å²) in [5.74, 6) is 0.710. The third-order valence-electron chi connectivity index (χ3n) is 5.80. The van der Waals surface area contributed by atoms with E-state index in [0.29, 0.717) is 18.4 Å². The Balaban J connectivity index is 2.14. The van der Waals surface area contributed by atoms with E-state index in [0.717, 1.165) is 22.5 Å². The molecular weight excluding hydrogens is 304 g/mol. The summed E-state index contributed by atoms with van der Waals surface area (Å²) in [7, 11) is 0. The molecule has 0 aromatic carbocycles. The molecule has 0 aliphatic heterocycles. The van der Waals surface area contributed by atoms with Crippen molar-refractivity contribution in [2.24, 2.45) is 11.3 Å². The lowest BCUT2D eigenvalue weighted by Crippen LogP contribution is -2.44. The van der Waals surface area contributed by atoms with Crippen LogP contribution in [0.3, 0.4) is 0 Å². The van der Waals surface area contributed by atoms with Crippen molar-refractivity contribution < 1.29 is 18.7 Å². The van der Waals surface area contributed by atoms with E-state index in [1.165, 1.54) is 0 Å². The molecule has 128 valence electrons. The Kier molecular flexibility index (Phi) is 4.02. The molecule has 0 fully saturated rings. The van der Waals surface area contributed by atoms with Gasteiger partial charge in [0.1, 0.15) is 11.9 Å². The molecule has 0 bridgehead atoms. The topological polar surface area (TPSA) is 56.5 Å². The zero-order chi connectivity index (χ0) is 17.6. The minimum absolute atomic E-state index is 0.0937. The molecule has 3 unspecified atom stereocenters. The van der Waals surface area contributed by atoms with Crippen molar-refractivity contribution in [3.8, 4) is 0 Å². The van der Waals surface area contributed by atoms with Crippen LogP contribution in [0.2, 0.25) is 0 Å². The Labute approximate surface area is 142 Å². The van der Waals surface area contributed by atoms with E-state index in [1.54, 1.807) is 25.3 Å². The first kappa shape index (κ1) is 16.7. The summed E-state index contributed by atoms with van der Waals surface area (Å²) in [6, 6.07) is 0. The quantitative estimate of drug-likeness (QED) is 0.602. The van der Waals surface area contributed by atoms with Crippen molar-refractivity contribution in [2.75, 3.05) is 0 Å². The molecule has 3 rings (SSSR count). The highest BCUT2D eigenvalue weighted by Gasteiger charge is 2.52. The summed E-state index contributed by atoms with van der Waals surface area (Å²) in [6.45, 7) is 9.72. The third kappa shape index (κ3) is 2.36. The number of aryl methyl sites for hydroxylation is 1. The van der Waals surface area contributed by atoms with Crippen LogP contribution in [0.25, 0.3) is 0 Å². The van der Waals surface area contributed by atoms with Gasteiger partial charge in [-0.05, 0) is 43.9 Å². The first-order valence-corrected chi connectivity index (χ1v) is 8.43. The Hall–Kier alpha value is -2.10. The number of rotatable bonds is 2. The minimum atomic E-state index is -0.434. The number of esters is 1. The van der Waals surface area contributed by atoms with Gasteiger partial charge < -0.3 is 9.15 Å². The van der Waals surface area contributed by atoms with Gasteiger partial charge in [-0.25, -0.2) is 4.79 Å². The first-order valence-electron chi connectivity index (χ1n) is 8.43. The van der Waals surface area contributed by atoms with Crippen LogP contribution in [0.1, 0.15) is 57.1 Å². The summed E-state index contributed by atoms with van der Waals surface area (Å²) in [5.41, 5.74) is 3.15. The fourth-order valence-electron chi connectivity index (χ4n) is 3.88. The summed E-state index contributed by atoms with van der Waals surface area (Å²) in [6.07, 6.45) is 5.83. The number of hydrogen-bond donors (Lipinski definition) is 0. The lowest BCUT2D eigenvalue weighted by Gasteiger charge is -2.48. The molecule has 4 nitrogen and oxygen atoms in total. The Morgan fingerprint density at radius 1 is 1.46 bits per heavy atom. The van der Waals surface area contributed by atoms with Crippen LogP contribution in [0.5, 0.6) is 0 Å². The summed E-state index contributed by atoms with van der Waals surface area (Å²) in [5, 5.41) is 0. The molecule has 24 heavy (non-hydrogen) atoms. The first-order chi connectivity index (χ1) is 11.3. The molecule has 0 amide bonds. The highest BCUT2D eigenvalue weighted by Crippen LogP contribution is 2.57. The van der Waals surface area contributed by atoms with Crippen LogP contribution in [0.15, 0.2) is 34.0 Å². The van der Waals surface area contributed by atoms with E-state index < -0.39 is 6.10 Å². The average molecular weight is 328 g/mol. The van der Waals surface area contributed by atoms with E-state index in [9.17, 15) is 9.59 Å². The minimum Gasteiger partial charge on any atom is -0.468 e. The lowest BCUT2D eigenvalue weighted by molar-refractivity contribution is -0.153. The molecule has 0 saturated carbocycles. The highest BCUT2D eigenvalue weighted by atomic mass is 16.5. The van der Waals surface area contributed by atoms with Gasteiger partial charge in [-0.3, -0.25) is 4.79 Å². The largest absolute Gasteiger partial charge is 0.468 e. The van der Waals surface area contributed by atoms with Gasteiger partial charge in [0.05, 0.1) is 6.26 Å². The number of ether oxygens (including phenoxy) is 1. The van der Waals surface area contributed by atoms with Crippen LogP contribution in [0, 0.1) is 18.3 Å². The molecule has 0 N–H and O–H groups in total. The fraction of sp³-hybridized carbons (Fsp3) is 0.500. The van der Waals surface area contributed by atoms with Gasteiger partial charge in [-0.2, -0.15) is 0 Å². The van der Waals surface area contributed by atoms with E-state index in [1.807, 2.05) is 13.8 Å². The van der Waals surface area contributed by atoms with Crippen LogP contribution >= 0.6 is 0 Å².